The third-order valence-corrected chi connectivity index (χ3v) is 11.1. The third kappa shape index (κ3) is 7.53. The fourth-order valence-electron chi connectivity index (χ4n) is 5.00. The lowest BCUT2D eigenvalue weighted by atomic mass is 10.1. The highest BCUT2D eigenvalue weighted by Gasteiger charge is 2.52. The lowest BCUT2D eigenvalue weighted by Gasteiger charge is -2.26. The average Bonchev–Trinajstić information content (AvgIpc) is 3.47. The van der Waals surface area contributed by atoms with Crippen LogP contribution in [0, 0.1) is 17.2 Å². The van der Waals surface area contributed by atoms with E-state index in [1.807, 2.05) is 67.6 Å². The van der Waals surface area contributed by atoms with Gasteiger partial charge in [-0.25, -0.2) is 4.79 Å². The summed E-state index contributed by atoms with van der Waals surface area (Å²) in [5, 5.41) is 3.38. The Kier molecular flexibility index (Phi) is 9.86. The van der Waals surface area contributed by atoms with Crippen LogP contribution in [0.4, 0.5) is 0 Å². The maximum Gasteiger partial charge on any atom is 0.345 e. The van der Waals surface area contributed by atoms with Gasteiger partial charge in [-0.1, -0.05) is 103 Å². The standard InChI is InChI=1S/C35H28N2O2P.ClHO4/c1-26-22-24-28(25-23-26)35(38)39-33-34(37-32(36-33)27-14-6-2-7-15-27)40(29-16-8-3-9-17-29,30-18-10-4-11-19-30)31-20-12-5-13-21-31;2-1(3,4)5/h2-25H,1H3,(H,36,37);(H,2,3,4,5)/q+1;. The summed E-state index contributed by atoms with van der Waals surface area (Å²) in [6.07, 6.45) is 0. The number of nitrogens with zero attached hydrogens (tertiary/aromatic N) is 1. The van der Waals surface area contributed by atoms with E-state index in [0.29, 0.717) is 11.4 Å². The molecule has 0 amide bonds. The summed E-state index contributed by atoms with van der Waals surface area (Å²) in [7, 11) is -7.29. The van der Waals surface area contributed by atoms with Crippen molar-refractivity contribution in [3.63, 3.8) is 0 Å². The summed E-state index contributed by atoms with van der Waals surface area (Å²) in [5.41, 5.74) is 3.25. The Morgan fingerprint density at radius 2 is 1.09 bits per heavy atom. The van der Waals surface area contributed by atoms with E-state index < -0.39 is 23.5 Å². The minimum Gasteiger partial charge on any atom is -0.398 e. The maximum absolute atomic E-state index is 13.5. The van der Waals surface area contributed by atoms with Gasteiger partial charge in [0.2, 0.25) is 5.44 Å². The molecule has 0 atom stereocenters. The van der Waals surface area contributed by atoms with Crippen LogP contribution < -0.4 is 40.1 Å². The number of H-pyrrole nitrogens is 1. The molecule has 0 aliphatic rings. The summed E-state index contributed by atoms with van der Waals surface area (Å²) in [6, 6.07) is 48.7. The van der Waals surface area contributed by atoms with Crippen molar-refractivity contribution in [1.82, 2.24) is 9.97 Å². The first-order chi connectivity index (χ1) is 21.7. The zero-order chi connectivity index (χ0) is 31.9. The summed E-state index contributed by atoms with van der Waals surface area (Å²) < 4.78 is 38.9. The minimum atomic E-state index is -4.69. The molecular weight excluding hydrogens is 611 g/mol. The molecule has 0 saturated carbocycles. The normalized spacial score (nSPS) is 11.3. The number of halogens is 1. The van der Waals surface area contributed by atoms with Crippen LogP contribution in [0.3, 0.4) is 0 Å². The van der Waals surface area contributed by atoms with Crippen LogP contribution in [-0.2, 0) is 0 Å². The molecule has 5 aromatic carbocycles. The Bertz CT molecular complexity index is 1730. The molecule has 0 fully saturated rings. The number of carbonyl (C=O) groups excluding carboxylic acids is 1. The van der Waals surface area contributed by atoms with Crippen LogP contribution in [0.5, 0.6) is 5.88 Å². The molecule has 0 saturated heterocycles. The molecule has 6 rings (SSSR count). The highest BCUT2D eigenvalue weighted by Crippen LogP contribution is 2.55. The van der Waals surface area contributed by atoms with Crippen molar-refractivity contribution in [1.29, 1.82) is 0 Å². The Morgan fingerprint density at radius 3 is 1.51 bits per heavy atom. The number of hydrogen-bond donors (Lipinski definition) is 2. The van der Waals surface area contributed by atoms with Crippen LogP contribution in [0.1, 0.15) is 15.9 Å². The number of esters is 1. The predicted octanol–water partition coefficient (Wildman–Crippen LogP) is 2.10. The van der Waals surface area contributed by atoms with E-state index in [2.05, 4.69) is 77.8 Å². The smallest absolute Gasteiger partial charge is 0.345 e. The molecule has 45 heavy (non-hydrogen) atoms. The van der Waals surface area contributed by atoms with Gasteiger partial charge in [0.1, 0.15) is 21.7 Å². The number of aryl methyl sites for hydroxylation is 1. The number of benzene rings is 5. The second-order valence-corrected chi connectivity index (χ2v) is 14.1. The number of rotatable bonds is 7. The summed E-state index contributed by atoms with van der Waals surface area (Å²) in [6.45, 7) is 1.99. The fraction of sp³-hybridized carbons (Fsp3) is 0.0286. The molecule has 1 heterocycles. The molecule has 0 spiro atoms. The van der Waals surface area contributed by atoms with Crippen molar-refractivity contribution in [3.8, 4) is 17.3 Å². The lowest BCUT2D eigenvalue weighted by Crippen LogP contribution is -2.58. The van der Waals surface area contributed by atoms with E-state index in [9.17, 15) is 4.79 Å². The van der Waals surface area contributed by atoms with Crippen molar-refractivity contribution >= 4 is 34.6 Å². The fourth-order valence-corrected chi connectivity index (χ4v) is 9.19. The molecule has 8 nitrogen and oxygen atoms in total. The third-order valence-electron chi connectivity index (χ3n) is 6.94. The van der Waals surface area contributed by atoms with Gasteiger partial charge in [0, 0.05) is 5.56 Å². The van der Waals surface area contributed by atoms with Gasteiger partial charge < -0.3 is 9.72 Å². The second kappa shape index (κ2) is 14.0. The first kappa shape index (κ1) is 31.8. The largest absolute Gasteiger partial charge is 0.398 e. The van der Waals surface area contributed by atoms with Gasteiger partial charge in [-0.3, -0.25) is 0 Å². The monoisotopic (exact) mass is 639 g/mol. The topological polar surface area (TPSA) is 144 Å². The van der Waals surface area contributed by atoms with Crippen molar-refractivity contribution in [3.05, 3.63) is 157 Å². The highest BCUT2D eigenvalue weighted by atomic mass is 35.7. The Labute approximate surface area is 263 Å². The van der Waals surface area contributed by atoms with E-state index in [1.54, 1.807) is 12.1 Å². The van der Waals surface area contributed by atoms with Crippen molar-refractivity contribution < 1.29 is 38.4 Å². The van der Waals surface area contributed by atoms with Crippen molar-refractivity contribution in [2.24, 2.45) is 0 Å². The molecule has 0 bridgehead atoms. The summed E-state index contributed by atoms with van der Waals surface area (Å²) >= 11 is 0. The van der Waals surface area contributed by atoms with Crippen molar-refractivity contribution in [2.45, 2.75) is 6.92 Å². The van der Waals surface area contributed by atoms with Gasteiger partial charge in [0.05, 0.1) is 20.5 Å². The number of aromatic amines is 1. The van der Waals surface area contributed by atoms with Crippen LogP contribution in [0.25, 0.3) is 11.4 Å². The lowest BCUT2D eigenvalue weighted by molar-refractivity contribution is -1.92. The molecular formula is C35H29ClN2O6P+. The number of hydrogen-bond acceptors (Lipinski definition) is 7. The molecule has 10 heteroatoms. The number of aromatic nitrogens is 2. The van der Waals surface area contributed by atoms with Crippen LogP contribution in [0.15, 0.2) is 146 Å². The van der Waals surface area contributed by atoms with E-state index in [0.717, 1.165) is 32.5 Å². The van der Waals surface area contributed by atoms with Gasteiger partial charge >= 0.3 is 5.97 Å². The molecule has 1 aromatic heterocycles. The summed E-state index contributed by atoms with van der Waals surface area (Å²) in [5.74, 6) is 0.489. The minimum absolute atomic E-state index is 0.286. The first-order valence-electron chi connectivity index (χ1n) is 13.8. The number of imidazole rings is 1. The molecule has 6 aromatic rings. The van der Waals surface area contributed by atoms with E-state index in [1.165, 1.54) is 0 Å². The van der Waals surface area contributed by atoms with Gasteiger partial charge in [0.25, 0.3) is 5.88 Å². The molecule has 2 N–H and O–H groups in total. The van der Waals surface area contributed by atoms with E-state index in [-0.39, 0.29) is 5.88 Å². The van der Waals surface area contributed by atoms with Crippen LogP contribution in [0.2, 0.25) is 0 Å². The SMILES string of the molecule is Cc1ccc(C(=O)Oc2nc(-c3ccccc3)[nH]c2[P+](c2ccccc2)(c2ccccc2)c2ccccc2)cc1.[O-][Cl+3]([O-])([O-])O. The Morgan fingerprint density at radius 1 is 0.689 bits per heavy atom. The molecule has 0 aliphatic heterocycles. The van der Waals surface area contributed by atoms with Crippen LogP contribution in [-0.4, -0.2) is 20.6 Å². The molecule has 226 valence electrons. The quantitative estimate of drug-likeness (QED) is 0.201. The number of nitrogens with one attached hydrogen (secondary N) is 1. The van der Waals surface area contributed by atoms with Gasteiger partial charge in [-0.15, -0.1) is 0 Å². The zero-order valence-corrected chi connectivity index (χ0v) is 25.8. The molecule has 0 aliphatic carbocycles. The van der Waals surface area contributed by atoms with Gasteiger partial charge in [-0.05, 0) is 55.5 Å². The second-order valence-electron chi connectivity index (χ2n) is 9.93. The van der Waals surface area contributed by atoms with Crippen LogP contribution >= 0.6 is 7.26 Å². The zero-order valence-electron chi connectivity index (χ0n) is 24.1. The highest BCUT2D eigenvalue weighted by molar-refractivity contribution is 8.01. The Hall–Kier alpha value is -4.66. The van der Waals surface area contributed by atoms with Crippen molar-refractivity contribution in [2.75, 3.05) is 0 Å². The maximum atomic E-state index is 13.5. The van der Waals surface area contributed by atoms with Gasteiger partial charge in [0.15, 0.2) is 7.26 Å². The summed E-state index contributed by atoms with van der Waals surface area (Å²) in [4.78, 5) is 22.1. The van der Waals surface area contributed by atoms with E-state index in [4.69, 9.17) is 28.4 Å². The Balaban J connectivity index is 0.000000743. The number of ether oxygens (including phenoxy) is 1. The van der Waals surface area contributed by atoms with Gasteiger partial charge in [-0.2, -0.15) is 19.0 Å². The van der Waals surface area contributed by atoms with E-state index >= 15 is 0 Å². The molecule has 0 unspecified atom stereocenters. The number of carbonyl (C=O) groups is 1. The first-order valence-corrected chi connectivity index (χ1v) is 16.9. The molecule has 0 radical (unpaired) electrons. The average molecular weight is 640 g/mol. The predicted molar refractivity (Wildman–Crippen MR) is 167 cm³/mol.